The van der Waals surface area contributed by atoms with Crippen molar-refractivity contribution in [3.05, 3.63) is 65.2 Å². The van der Waals surface area contributed by atoms with Gasteiger partial charge in [0.15, 0.2) is 0 Å². The Morgan fingerprint density at radius 1 is 1.00 bits per heavy atom. The summed E-state index contributed by atoms with van der Waals surface area (Å²) in [6.07, 6.45) is 1.48. The molecule has 4 heteroatoms. The molecule has 3 rings (SSSR count). The monoisotopic (exact) mass is 281 g/mol. The van der Waals surface area contributed by atoms with Gasteiger partial charge in [-0.2, -0.15) is 0 Å². The molecule has 2 aromatic rings. The Labute approximate surface area is 123 Å². The molecule has 0 heterocycles. The summed E-state index contributed by atoms with van der Waals surface area (Å²) in [5, 5.41) is 3.99. The fourth-order valence-electron chi connectivity index (χ4n) is 2.35. The van der Waals surface area contributed by atoms with Crippen molar-refractivity contribution in [2.45, 2.75) is 12.8 Å². The van der Waals surface area contributed by atoms with E-state index < -0.39 is 5.97 Å². The molecule has 1 aliphatic rings. The van der Waals surface area contributed by atoms with Gasteiger partial charge in [0.05, 0.1) is 18.4 Å². The lowest BCUT2D eigenvalue weighted by atomic mass is 10.1. The molecule has 0 unspecified atom stereocenters. The van der Waals surface area contributed by atoms with Crippen LogP contribution in [0.5, 0.6) is 5.75 Å². The summed E-state index contributed by atoms with van der Waals surface area (Å²) in [6.45, 7) is 0. The minimum Gasteiger partial charge on any atom is -0.497 e. The van der Waals surface area contributed by atoms with Crippen molar-refractivity contribution in [2.75, 3.05) is 7.11 Å². The van der Waals surface area contributed by atoms with Crippen LogP contribution in [0.1, 0.15) is 21.5 Å². The predicted octanol–water partition coefficient (Wildman–Crippen LogP) is 3.01. The van der Waals surface area contributed by atoms with Crippen molar-refractivity contribution < 1.29 is 14.4 Å². The van der Waals surface area contributed by atoms with E-state index in [9.17, 15) is 4.79 Å². The molecule has 0 saturated carbocycles. The number of oxime groups is 1. The predicted molar refractivity (Wildman–Crippen MR) is 79.7 cm³/mol. The lowest BCUT2D eigenvalue weighted by Crippen LogP contribution is -2.05. The molecule has 0 radical (unpaired) electrons. The third kappa shape index (κ3) is 2.94. The maximum Gasteiger partial charge on any atom is 0.365 e. The van der Waals surface area contributed by atoms with Crippen molar-refractivity contribution in [3.63, 3.8) is 0 Å². The first-order valence-electron chi connectivity index (χ1n) is 6.74. The first-order chi connectivity index (χ1) is 10.3. The number of benzene rings is 2. The molecule has 0 aromatic heterocycles. The fourth-order valence-corrected chi connectivity index (χ4v) is 2.35. The number of nitrogens with zero attached hydrogens (tertiary/aromatic N) is 1. The van der Waals surface area contributed by atoms with Gasteiger partial charge in [-0.25, -0.2) is 4.79 Å². The smallest absolute Gasteiger partial charge is 0.365 e. The highest BCUT2D eigenvalue weighted by Gasteiger charge is 2.17. The van der Waals surface area contributed by atoms with Gasteiger partial charge < -0.3 is 9.57 Å². The van der Waals surface area contributed by atoms with E-state index in [-0.39, 0.29) is 0 Å². The first kappa shape index (κ1) is 13.4. The van der Waals surface area contributed by atoms with E-state index in [2.05, 4.69) is 17.3 Å². The molecule has 0 atom stereocenters. The number of carbonyl (C=O) groups excluding carboxylic acids is 1. The second kappa shape index (κ2) is 5.79. The van der Waals surface area contributed by atoms with E-state index in [0.717, 1.165) is 18.6 Å². The molecule has 106 valence electrons. The van der Waals surface area contributed by atoms with Crippen LogP contribution in [0.2, 0.25) is 0 Å². The number of hydrogen-bond acceptors (Lipinski definition) is 4. The molecule has 2 aromatic carbocycles. The molecule has 21 heavy (non-hydrogen) atoms. The van der Waals surface area contributed by atoms with Gasteiger partial charge in [0.1, 0.15) is 5.75 Å². The fraction of sp³-hybridized carbons (Fsp3) is 0.176. The molecule has 0 fully saturated rings. The van der Waals surface area contributed by atoms with Crippen LogP contribution in [0.15, 0.2) is 53.7 Å². The Hall–Kier alpha value is -2.62. The molecule has 0 amide bonds. The molecule has 0 N–H and O–H groups in total. The maximum absolute atomic E-state index is 11.9. The van der Waals surface area contributed by atoms with Crippen molar-refractivity contribution in [1.82, 2.24) is 0 Å². The van der Waals surface area contributed by atoms with Gasteiger partial charge in [0.25, 0.3) is 0 Å². The molecule has 0 saturated heterocycles. The number of rotatable bonds is 3. The molecule has 0 bridgehead atoms. The highest BCUT2D eigenvalue weighted by atomic mass is 16.7. The van der Waals surface area contributed by atoms with Crippen LogP contribution in [0.3, 0.4) is 0 Å². The zero-order chi connectivity index (χ0) is 14.7. The van der Waals surface area contributed by atoms with Crippen LogP contribution in [0.4, 0.5) is 0 Å². The molecule has 1 aliphatic carbocycles. The van der Waals surface area contributed by atoms with Crippen LogP contribution in [0, 0.1) is 0 Å². The Morgan fingerprint density at radius 2 is 1.62 bits per heavy atom. The standard InChI is InChI=1S/C17H15NO3/c1-20-16-8-6-12(7-9-16)17(19)21-18-15-10-13-4-2-3-5-14(13)11-15/h2-9H,10-11H2,1H3. The van der Waals surface area contributed by atoms with E-state index in [4.69, 9.17) is 9.57 Å². The summed E-state index contributed by atoms with van der Waals surface area (Å²) >= 11 is 0. The van der Waals surface area contributed by atoms with Crippen LogP contribution in [-0.4, -0.2) is 18.8 Å². The van der Waals surface area contributed by atoms with E-state index in [1.54, 1.807) is 31.4 Å². The van der Waals surface area contributed by atoms with Gasteiger partial charge in [-0.1, -0.05) is 29.4 Å². The molecular weight excluding hydrogens is 266 g/mol. The minimum absolute atomic E-state index is 0.454. The normalized spacial score (nSPS) is 12.7. The molecule has 4 nitrogen and oxygen atoms in total. The highest BCUT2D eigenvalue weighted by molar-refractivity contribution is 5.94. The molecule has 0 spiro atoms. The average molecular weight is 281 g/mol. The van der Waals surface area contributed by atoms with E-state index in [1.165, 1.54) is 11.1 Å². The first-order valence-corrected chi connectivity index (χ1v) is 6.74. The van der Waals surface area contributed by atoms with Crippen LogP contribution in [0.25, 0.3) is 0 Å². The summed E-state index contributed by atoms with van der Waals surface area (Å²) in [7, 11) is 1.58. The third-order valence-corrected chi connectivity index (χ3v) is 3.49. The third-order valence-electron chi connectivity index (χ3n) is 3.49. The summed E-state index contributed by atoms with van der Waals surface area (Å²) in [5.74, 6) is 0.241. The zero-order valence-electron chi connectivity index (χ0n) is 11.7. The maximum atomic E-state index is 11.9. The molecule has 0 aliphatic heterocycles. The van der Waals surface area contributed by atoms with Crippen LogP contribution >= 0.6 is 0 Å². The molecular formula is C17H15NO3. The van der Waals surface area contributed by atoms with E-state index in [1.807, 2.05) is 12.1 Å². The van der Waals surface area contributed by atoms with Gasteiger partial charge in [0, 0.05) is 12.8 Å². The van der Waals surface area contributed by atoms with Crippen molar-refractivity contribution in [2.24, 2.45) is 5.16 Å². The Morgan fingerprint density at radius 3 is 2.19 bits per heavy atom. The lowest BCUT2D eigenvalue weighted by Gasteiger charge is -2.01. The number of carbonyl (C=O) groups is 1. The largest absolute Gasteiger partial charge is 0.497 e. The van der Waals surface area contributed by atoms with Crippen LogP contribution in [-0.2, 0) is 17.7 Å². The Bertz CT molecular complexity index is 662. The summed E-state index contributed by atoms with van der Waals surface area (Å²) < 4.78 is 5.05. The Balaban J connectivity index is 1.65. The summed E-state index contributed by atoms with van der Waals surface area (Å²) in [5.41, 5.74) is 3.82. The van der Waals surface area contributed by atoms with Gasteiger partial charge in [-0.3, -0.25) is 0 Å². The Kier molecular flexibility index (Phi) is 3.69. The lowest BCUT2D eigenvalue weighted by molar-refractivity contribution is 0.0515. The summed E-state index contributed by atoms with van der Waals surface area (Å²) in [4.78, 5) is 16.9. The van der Waals surface area contributed by atoms with E-state index >= 15 is 0 Å². The van der Waals surface area contributed by atoms with E-state index in [0.29, 0.717) is 11.3 Å². The van der Waals surface area contributed by atoms with Gasteiger partial charge in [-0.05, 0) is 35.4 Å². The van der Waals surface area contributed by atoms with Gasteiger partial charge >= 0.3 is 5.97 Å². The van der Waals surface area contributed by atoms with Crippen molar-refractivity contribution >= 4 is 11.7 Å². The second-order valence-corrected chi connectivity index (χ2v) is 4.89. The average Bonchev–Trinajstić information content (AvgIpc) is 2.95. The van der Waals surface area contributed by atoms with Gasteiger partial charge in [-0.15, -0.1) is 0 Å². The number of methoxy groups -OCH3 is 1. The number of fused-ring (bicyclic) bond motifs is 1. The van der Waals surface area contributed by atoms with Crippen LogP contribution < -0.4 is 4.74 Å². The van der Waals surface area contributed by atoms with Crippen molar-refractivity contribution in [3.8, 4) is 5.75 Å². The quantitative estimate of drug-likeness (QED) is 0.642. The van der Waals surface area contributed by atoms with Crippen molar-refractivity contribution in [1.29, 1.82) is 0 Å². The topological polar surface area (TPSA) is 47.9 Å². The number of ether oxygens (including phenoxy) is 1. The van der Waals surface area contributed by atoms with Gasteiger partial charge in [0.2, 0.25) is 0 Å². The second-order valence-electron chi connectivity index (χ2n) is 4.89. The zero-order valence-corrected chi connectivity index (χ0v) is 11.7. The minimum atomic E-state index is -0.457. The highest BCUT2D eigenvalue weighted by Crippen LogP contribution is 2.20. The summed E-state index contributed by atoms with van der Waals surface area (Å²) in [6, 6.07) is 14.9. The SMILES string of the molecule is COc1ccc(C(=O)ON=C2Cc3ccccc3C2)cc1. The number of hydrogen-bond donors (Lipinski definition) is 0.